The molecule has 0 aliphatic heterocycles. The molecule has 0 spiro atoms. The number of nitrogens with zero attached hydrogens (tertiary/aromatic N) is 1. The Labute approximate surface area is 116 Å². The SMILES string of the molecule is O=C(Cc1ccc2ccccc2n1)NCc1ccc[nH]1. The van der Waals surface area contributed by atoms with Crippen LogP contribution in [0.25, 0.3) is 10.9 Å². The number of pyridine rings is 1. The number of H-pyrrole nitrogens is 1. The fraction of sp³-hybridized carbons (Fsp3) is 0.125. The zero-order chi connectivity index (χ0) is 13.8. The third kappa shape index (κ3) is 2.85. The normalized spacial score (nSPS) is 10.6. The standard InChI is InChI=1S/C16H15N3O/c20-16(18-11-14-5-3-9-17-14)10-13-8-7-12-4-1-2-6-15(12)19-13/h1-9,17H,10-11H2,(H,18,20). The van der Waals surface area contributed by atoms with E-state index in [9.17, 15) is 4.79 Å². The van der Waals surface area contributed by atoms with Crippen molar-refractivity contribution in [3.05, 3.63) is 66.1 Å². The molecule has 1 aromatic carbocycles. The molecule has 0 aliphatic carbocycles. The van der Waals surface area contributed by atoms with Crippen LogP contribution < -0.4 is 5.32 Å². The molecule has 0 fully saturated rings. The van der Waals surface area contributed by atoms with Crippen molar-refractivity contribution in [2.75, 3.05) is 0 Å². The van der Waals surface area contributed by atoms with Gasteiger partial charge in [-0.1, -0.05) is 24.3 Å². The molecule has 2 aromatic heterocycles. The molecule has 100 valence electrons. The molecule has 2 N–H and O–H groups in total. The van der Waals surface area contributed by atoms with E-state index in [0.717, 1.165) is 22.3 Å². The predicted octanol–water partition coefficient (Wildman–Crippen LogP) is 2.42. The maximum Gasteiger partial charge on any atom is 0.226 e. The molecule has 0 atom stereocenters. The van der Waals surface area contributed by atoms with E-state index >= 15 is 0 Å². The van der Waals surface area contributed by atoms with Crippen LogP contribution in [0.15, 0.2) is 54.7 Å². The molecule has 2 heterocycles. The van der Waals surface area contributed by atoms with Gasteiger partial charge in [0.15, 0.2) is 0 Å². The molecule has 3 rings (SSSR count). The van der Waals surface area contributed by atoms with Crippen LogP contribution in [0.4, 0.5) is 0 Å². The third-order valence-corrected chi connectivity index (χ3v) is 3.14. The molecule has 4 heteroatoms. The summed E-state index contributed by atoms with van der Waals surface area (Å²) >= 11 is 0. The van der Waals surface area contributed by atoms with Gasteiger partial charge in [0.25, 0.3) is 0 Å². The second-order valence-corrected chi connectivity index (χ2v) is 4.64. The molecule has 0 aliphatic rings. The number of hydrogen-bond donors (Lipinski definition) is 2. The lowest BCUT2D eigenvalue weighted by molar-refractivity contribution is -0.120. The lowest BCUT2D eigenvalue weighted by atomic mass is 10.2. The maximum atomic E-state index is 11.9. The number of para-hydroxylation sites is 1. The topological polar surface area (TPSA) is 57.8 Å². The van der Waals surface area contributed by atoms with E-state index < -0.39 is 0 Å². The Morgan fingerprint density at radius 3 is 2.85 bits per heavy atom. The number of fused-ring (bicyclic) bond motifs is 1. The van der Waals surface area contributed by atoms with E-state index in [1.165, 1.54) is 0 Å². The van der Waals surface area contributed by atoms with Crippen molar-refractivity contribution >= 4 is 16.8 Å². The smallest absolute Gasteiger partial charge is 0.226 e. The molecule has 0 saturated heterocycles. The van der Waals surface area contributed by atoms with Gasteiger partial charge in [-0.05, 0) is 24.3 Å². The van der Waals surface area contributed by atoms with Crippen LogP contribution in [0, 0.1) is 0 Å². The van der Waals surface area contributed by atoms with Crippen molar-refractivity contribution in [1.82, 2.24) is 15.3 Å². The van der Waals surface area contributed by atoms with Gasteiger partial charge in [-0.3, -0.25) is 9.78 Å². The summed E-state index contributed by atoms with van der Waals surface area (Å²) < 4.78 is 0. The van der Waals surface area contributed by atoms with Crippen molar-refractivity contribution in [3.63, 3.8) is 0 Å². The number of nitrogens with one attached hydrogen (secondary N) is 2. The van der Waals surface area contributed by atoms with Gasteiger partial charge in [0, 0.05) is 17.3 Å². The molecule has 0 bridgehead atoms. The Hall–Kier alpha value is -2.62. The fourth-order valence-corrected chi connectivity index (χ4v) is 2.10. The zero-order valence-corrected chi connectivity index (χ0v) is 11.0. The quantitative estimate of drug-likeness (QED) is 0.761. The Kier molecular flexibility index (Phi) is 3.46. The number of aromatic amines is 1. The first-order valence-corrected chi connectivity index (χ1v) is 6.55. The van der Waals surface area contributed by atoms with Gasteiger partial charge in [-0.15, -0.1) is 0 Å². The van der Waals surface area contributed by atoms with Gasteiger partial charge in [-0.25, -0.2) is 0 Å². The average Bonchev–Trinajstić information content (AvgIpc) is 2.98. The van der Waals surface area contributed by atoms with Gasteiger partial charge >= 0.3 is 0 Å². The molecule has 4 nitrogen and oxygen atoms in total. The summed E-state index contributed by atoms with van der Waals surface area (Å²) in [5, 5.41) is 3.96. The van der Waals surface area contributed by atoms with E-state index in [4.69, 9.17) is 0 Å². The second-order valence-electron chi connectivity index (χ2n) is 4.64. The van der Waals surface area contributed by atoms with E-state index in [2.05, 4.69) is 15.3 Å². The highest BCUT2D eigenvalue weighted by Crippen LogP contribution is 2.12. The number of benzene rings is 1. The minimum Gasteiger partial charge on any atom is -0.364 e. The summed E-state index contributed by atoms with van der Waals surface area (Å²) in [6, 6.07) is 15.6. The average molecular weight is 265 g/mol. The van der Waals surface area contributed by atoms with E-state index in [-0.39, 0.29) is 5.91 Å². The van der Waals surface area contributed by atoms with Gasteiger partial charge in [0.1, 0.15) is 0 Å². The van der Waals surface area contributed by atoms with Gasteiger partial charge in [0.05, 0.1) is 24.2 Å². The number of carbonyl (C=O) groups excluding carboxylic acids is 1. The van der Waals surface area contributed by atoms with Crippen LogP contribution in [0.1, 0.15) is 11.4 Å². The third-order valence-electron chi connectivity index (χ3n) is 3.14. The predicted molar refractivity (Wildman–Crippen MR) is 78.1 cm³/mol. The highest BCUT2D eigenvalue weighted by Gasteiger charge is 2.05. The van der Waals surface area contributed by atoms with Gasteiger partial charge in [0.2, 0.25) is 5.91 Å². The van der Waals surface area contributed by atoms with Crippen LogP contribution >= 0.6 is 0 Å². The van der Waals surface area contributed by atoms with Crippen molar-refractivity contribution in [3.8, 4) is 0 Å². The minimum absolute atomic E-state index is 0.0256. The van der Waals surface area contributed by atoms with Crippen LogP contribution in [0.3, 0.4) is 0 Å². The fourth-order valence-electron chi connectivity index (χ4n) is 2.10. The Morgan fingerprint density at radius 2 is 2.00 bits per heavy atom. The van der Waals surface area contributed by atoms with Crippen LogP contribution in [0.5, 0.6) is 0 Å². The summed E-state index contributed by atoms with van der Waals surface area (Å²) in [4.78, 5) is 19.4. The van der Waals surface area contributed by atoms with Crippen molar-refractivity contribution in [2.24, 2.45) is 0 Å². The Morgan fingerprint density at radius 1 is 1.10 bits per heavy atom. The molecular weight excluding hydrogens is 250 g/mol. The molecule has 0 radical (unpaired) electrons. The minimum atomic E-state index is -0.0256. The summed E-state index contributed by atoms with van der Waals surface area (Å²) in [7, 11) is 0. The van der Waals surface area contributed by atoms with Crippen LogP contribution in [-0.4, -0.2) is 15.9 Å². The van der Waals surface area contributed by atoms with E-state index in [0.29, 0.717) is 13.0 Å². The summed E-state index contributed by atoms with van der Waals surface area (Å²) in [6.45, 7) is 0.513. The van der Waals surface area contributed by atoms with Crippen molar-refractivity contribution in [1.29, 1.82) is 0 Å². The Balaban J connectivity index is 1.65. The number of hydrogen-bond acceptors (Lipinski definition) is 2. The summed E-state index contributed by atoms with van der Waals surface area (Å²) in [5.74, 6) is -0.0256. The molecule has 1 amide bonds. The van der Waals surface area contributed by atoms with Gasteiger partial charge in [-0.2, -0.15) is 0 Å². The highest BCUT2D eigenvalue weighted by atomic mass is 16.1. The number of amides is 1. The second kappa shape index (κ2) is 5.57. The first-order chi connectivity index (χ1) is 9.81. The first-order valence-electron chi connectivity index (χ1n) is 6.55. The summed E-state index contributed by atoms with van der Waals surface area (Å²) in [5.41, 5.74) is 2.69. The lowest BCUT2D eigenvalue weighted by Crippen LogP contribution is -2.25. The Bertz CT molecular complexity index is 719. The van der Waals surface area contributed by atoms with Gasteiger partial charge < -0.3 is 10.3 Å². The van der Waals surface area contributed by atoms with Crippen molar-refractivity contribution < 1.29 is 4.79 Å². The van der Waals surface area contributed by atoms with E-state index in [1.807, 2.05) is 54.7 Å². The van der Waals surface area contributed by atoms with Crippen LogP contribution in [-0.2, 0) is 17.8 Å². The van der Waals surface area contributed by atoms with Crippen molar-refractivity contribution in [2.45, 2.75) is 13.0 Å². The molecular formula is C16H15N3O. The van der Waals surface area contributed by atoms with E-state index in [1.54, 1.807) is 0 Å². The zero-order valence-electron chi connectivity index (χ0n) is 11.0. The molecule has 20 heavy (non-hydrogen) atoms. The number of rotatable bonds is 4. The largest absolute Gasteiger partial charge is 0.364 e. The maximum absolute atomic E-state index is 11.9. The monoisotopic (exact) mass is 265 g/mol. The molecule has 0 saturated carbocycles. The first kappa shape index (κ1) is 12.4. The number of aromatic nitrogens is 2. The summed E-state index contributed by atoms with van der Waals surface area (Å²) in [6.07, 6.45) is 2.14. The lowest BCUT2D eigenvalue weighted by Gasteiger charge is -2.05. The van der Waals surface area contributed by atoms with Crippen LogP contribution in [0.2, 0.25) is 0 Å². The molecule has 0 unspecified atom stereocenters. The highest BCUT2D eigenvalue weighted by molar-refractivity contribution is 5.81. The molecule has 3 aromatic rings. The number of carbonyl (C=O) groups is 1.